The van der Waals surface area contributed by atoms with Crippen molar-refractivity contribution in [3.8, 4) is 0 Å². The first-order valence-electron chi connectivity index (χ1n) is 6.19. The lowest BCUT2D eigenvalue weighted by atomic mass is 10.1. The number of nitrogens with zero attached hydrogens (tertiary/aromatic N) is 1. The van der Waals surface area contributed by atoms with Crippen LogP contribution < -0.4 is 5.11 Å². The lowest BCUT2D eigenvalue weighted by Gasteiger charge is -2.30. The Kier molecular flexibility index (Phi) is 4.19. The Morgan fingerprint density at radius 2 is 2.32 bits per heavy atom. The van der Waals surface area contributed by atoms with Crippen molar-refractivity contribution in [3.05, 3.63) is 24.2 Å². The molecular weight excluding hydrogens is 266 g/mol. The van der Waals surface area contributed by atoms with Crippen molar-refractivity contribution in [2.45, 2.75) is 31.7 Å². The summed E-state index contributed by atoms with van der Waals surface area (Å²) in [6.45, 7) is 4.09. The highest BCUT2D eigenvalue weighted by atomic mass is 32.2. The fourth-order valence-electron chi connectivity index (χ4n) is 2.13. The van der Waals surface area contributed by atoms with Gasteiger partial charge in [0.05, 0.1) is 23.6 Å². The number of hydrogen-bond acceptors (Lipinski definition) is 5. The van der Waals surface area contributed by atoms with Crippen LogP contribution in [0.2, 0.25) is 0 Å². The topological polar surface area (TPSA) is 73.6 Å². The van der Waals surface area contributed by atoms with Gasteiger partial charge in [0.2, 0.25) is 0 Å². The van der Waals surface area contributed by atoms with E-state index in [1.54, 1.807) is 12.1 Å². The van der Waals surface area contributed by atoms with E-state index < -0.39 is 12.0 Å². The maximum absolute atomic E-state index is 12.3. The van der Waals surface area contributed by atoms with Crippen LogP contribution in [-0.2, 0) is 4.79 Å². The molecule has 0 unspecified atom stereocenters. The van der Waals surface area contributed by atoms with Gasteiger partial charge >= 0.3 is 0 Å². The number of furan rings is 1. The molecule has 2 rings (SSSR count). The minimum absolute atomic E-state index is 0.138. The molecule has 0 aromatic carbocycles. The van der Waals surface area contributed by atoms with Gasteiger partial charge in [-0.25, -0.2) is 0 Å². The number of rotatable bonds is 4. The first-order valence-corrected chi connectivity index (χ1v) is 7.24. The fourth-order valence-corrected chi connectivity index (χ4v) is 3.76. The van der Waals surface area contributed by atoms with Crippen molar-refractivity contribution in [2.75, 3.05) is 5.75 Å². The van der Waals surface area contributed by atoms with Crippen molar-refractivity contribution in [2.24, 2.45) is 5.92 Å². The zero-order chi connectivity index (χ0) is 14.0. The molecule has 1 aliphatic heterocycles. The number of carbonyl (C=O) groups excluding carboxylic acids is 2. The van der Waals surface area contributed by atoms with E-state index in [9.17, 15) is 14.7 Å². The van der Waals surface area contributed by atoms with Crippen LogP contribution in [0.3, 0.4) is 0 Å². The number of carbonyl (C=O) groups is 2. The minimum Gasteiger partial charge on any atom is -0.548 e. The van der Waals surface area contributed by atoms with E-state index in [0.29, 0.717) is 11.7 Å². The highest BCUT2D eigenvalue weighted by Crippen LogP contribution is 2.34. The lowest BCUT2D eigenvalue weighted by Crippen LogP contribution is -2.50. The molecule has 1 aromatic rings. The highest BCUT2D eigenvalue weighted by molar-refractivity contribution is 8.00. The third kappa shape index (κ3) is 2.94. The second-order valence-corrected chi connectivity index (χ2v) is 6.15. The van der Waals surface area contributed by atoms with Crippen LogP contribution in [-0.4, -0.2) is 33.9 Å². The summed E-state index contributed by atoms with van der Waals surface area (Å²) in [5, 5.41) is 11.0. The van der Waals surface area contributed by atoms with E-state index >= 15 is 0 Å². The average molecular weight is 282 g/mol. The summed E-state index contributed by atoms with van der Waals surface area (Å²) in [6, 6.07) is 2.28. The van der Waals surface area contributed by atoms with Crippen molar-refractivity contribution in [3.63, 3.8) is 0 Å². The molecule has 104 valence electrons. The highest BCUT2D eigenvalue weighted by Gasteiger charge is 2.39. The predicted octanol–water partition coefficient (Wildman–Crippen LogP) is 0.959. The standard InChI is InChI=1S/C13H17NO4S/c1-8(2)6-11-14(9(7-19-11)13(16)17)12(15)10-4-3-5-18-10/h3-5,8-9,11H,6-7H2,1-2H3,(H,16,17)/p-1/t9-,11+/m1/s1. The number of thioether (sulfide) groups is 1. The first-order chi connectivity index (χ1) is 9.00. The first kappa shape index (κ1) is 14.0. The SMILES string of the molecule is CC(C)C[C@@H]1SC[C@H](C(=O)[O-])N1C(=O)c1ccco1. The molecule has 19 heavy (non-hydrogen) atoms. The number of hydrogen-bond donors (Lipinski definition) is 0. The normalized spacial score (nSPS) is 23.0. The molecule has 1 saturated heterocycles. The van der Waals surface area contributed by atoms with Gasteiger partial charge in [-0.2, -0.15) is 0 Å². The summed E-state index contributed by atoms with van der Waals surface area (Å²) in [6.07, 6.45) is 2.16. The maximum Gasteiger partial charge on any atom is 0.291 e. The summed E-state index contributed by atoms with van der Waals surface area (Å²) in [5.74, 6) is -0.674. The number of carboxylic acids is 1. The van der Waals surface area contributed by atoms with Crippen molar-refractivity contribution in [1.82, 2.24) is 4.90 Å². The Hall–Kier alpha value is -1.43. The van der Waals surface area contributed by atoms with Crippen molar-refractivity contribution in [1.29, 1.82) is 0 Å². The summed E-state index contributed by atoms with van der Waals surface area (Å²) < 4.78 is 5.08. The van der Waals surface area contributed by atoms with Crippen molar-refractivity contribution < 1.29 is 19.1 Å². The summed E-state index contributed by atoms with van der Waals surface area (Å²) in [4.78, 5) is 24.9. The van der Waals surface area contributed by atoms with E-state index in [4.69, 9.17) is 4.42 Å². The largest absolute Gasteiger partial charge is 0.548 e. The molecule has 1 aliphatic rings. The monoisotopic (exact) mass is 282 g/mol. The molecule has 1 fully saturated rings. The van der Waals surface area contributed by atoms with Gasteiger partial charge in [0, 0.05) is 5.75 Å². The molecule has 0 spiro atoms. The Labute approximate surface area is 116 Å². The second kappa shape index (κ2) is 5.69. The summed E-state index contributed by atoms with van der Waals surface area (Å²) in [5.41, 5.74) is 0. The molecule has 0 bridgehead atoms. The van der Waals surface area contributed by atoms with E-state index in [1.807, 2.05) is 13.8 Å². The lowest BCUT2D eigenvalue weighted by molar-refractivity contribution is -0.310. The van der Waals surface area contributed by atoms with Gasteiger partial charge in [-0.05, 0) is 24.5 Å². The molecule has 2 heterocycles. The zero-order valence-corrected chi connectivity index (χ0v) is 11.7. The molecule has 1 aromatic heterocycles. The molecule has 5 nitrogen and oxygen atoms in total. The minimum atomic E-state index is -1.21. The van der Waals surface area contributed by atoms with E-state index in [0.717, 1.165) is 6.42 Å². The predicted molar refractivity (Wildman–Crippen MR) is 69.4 cm³/mol. The van der Waals surface area contributed by atoms with Gasteiger partial charge in [0.1, 0.15) is 0 Å². The van der Waals surface area contributed by atoms with Crippen LogP contribution in [0.4, 0.5) is 0 Å². The molecule has 0 radical (unpaired) electrons. The van der Waals surface area contributed by atoms with Crippen LogP contribution in [0.25, 0.3) is 0 Å². The van der Waals surface area contributed by atoms with Crippen LogP contribution in [0, 0.1) is 5.92 Å². The molecular formula is C13H16NO4S-. The van der Waals surface area contributed by atoms with E-state index in [-0.39, 0.29) is 17.0 Å². The Morgan fingerprint density at radius 1 is 1.58 bits per heavy atom. The second-order valence-electron chi connectivity index (χ2n) is 4.94. The molecule has 6 heteroatoms. The maximum atomic E-state index is 12.3. The van der Waals surface area contributed by atoms with Crippen LogP contribution >= 0.6 is 11.8 Å². The van der Waals surface area contributed by atoms with E-state index in [1.165, 1.54) is 22.9 Å². The van der Waals surface area contributed by atoms with Gasteiger partial charge in [0.15, 0.2) is 5.76 Å². The molecule has 0 saturated carbocycles. The van der Waals surface area contributed by atoms with Crippen LogP contribution in [0.5, 0.6) is 0 Å². The van der Waals surface area contributed by atoms with Crippen LogP contribution in [0.15, 0.2) is 22.8 Å². The Morgan fingerprint density at radius 3 is 2.84 bits per heavy atom. The van der Waals surface area contributed by atoms with Gasteiger partial charge in [-0.1, -0.05) is 13.8 Å². The third-order valence-electron chi connectivity index (χ3n) is 3.00. The molecule has 0 N–H and O–H groups in total. The quantitative estimate of drug-likeness (QED) is 0.822. The van der Waals surface area contributed by atoms with Gasteiger partial charge < -0.3 is 19.2 Å². The summed E-state index contributed by atoms with van der Waals surface area (Å²) in [7, 11) is 0. The summed E-state index contributed by atoms with van der Waals surface area (Å²) >= 11 is 1.48. The Balaban J connectivity index is 2.23. The number of aliphatic carboxylic acids is 1. The van der Waals surface area contributed by atoms with Gasteiger partial charge in [0.25, 0.3) is 5.91 Å². The number of amides is 1. The number of carboxylic acid groups (broad SMARTS) is 1. The van der Waals surface area contributed by atoms with Gasteiger partial charge in [-0.3, -0.25) is 4.79 Å². The zero-order valence-electron chi connectivity index (χ0n) is 10.9. The average Bonchev–Trinajstić information content (AvgIpc) is 2.95. The molecule has 1 amide bonds. The Bertz CT molecular complexity index is 457. The van der Waals surface area contributed by atoms with E-state index in [2.05, 4.69) is 0 Å². The third-order valence-corrected chi connectivity index (χ3v) is 4.32. The van der Waals surface area contributed by atoms with Gasteiger partial charge in [-0.15, -0.1) is 11.8 Å². The fraction of sp³-hybridized carbons (Fsp3) is 0.538. The van der Waals surface area contributed by atoms with Crippen LogP contribution in [0.1, 0.15) is 30.8 Å². The smallest absolute Gasteiger partial charge is 0.291 e. The molecule has 0 aliphatic carbocycles. The van der Waals surface area contributed by atoms with Crippen molar-refractivity contribution >= 4 is 23.6 Å². The molecule has 2 atom stereocenters.